The molecule has 0 amide bonds. The molecule has 1 fully saturated rings. The molecule has 2 heterocycles. The van der Waals surface area contributed by atoms with E-state index in [1.165, 1.54) is 44.3 Å². The maximum Gasteiger partial charge on any atom is 0.128 e. The number of piperidine rings is 1. The number of nitrogens with one attached hydrogen (secondary N) is 1. The van der Waals surface area contributed by atoms with Crippen LogP contribution in [0.5, 0.6) is 0 Å². The van der Waals surface area contributed by atoms with Crippen molar-refractivity contribution in [1.29, 1.82) is 0 Å². The molecule has 0 aromatic carbocycles. The predicted molar refractivity (Wildman–Crippen MR) is 87.0 cm³/mol. The lowest BCUT2D eigenvalue weighted by molar-refractivity contribution is 0.354. The fourth-order valence-electron chi connectivity index (χ4n) is 2.40. The fourth-order valence-corrected chi connectivity index (χ4v) is 2.40. The Morgan fingerprint density at radius 1 is 1.26 bits per heavy atom. The number of hydrogen-bond donors (Lipinski definition) is 1. The van der Waals surface area contributed by atoms with Crippen LogP contribution in [-0.2, 0) is 6.42 Å². The predicted octanol–water partition coefficient (Wildman–Crippen LogP) is 2.92. The first-order chi connectivity index (χ1) is 8.25. The Morgan fingerprint density at radius 3 is 2.58 bits per heavy atom. The maximum atomic E-state index is 4.35. The molecular weight excluding hydrogens is 281 g/mol. The molecule has 110 valence electrons. The largest absolute Gasteiger partial charge is 0.363 e. The number of halogens is 2. The van der Waals surface area contributed by atoms with E-state index in [2.05, 4.69) is 27.3 Å². The van der Waals surface area contributed by atoms with E-state index in [0.29, 0.717) is 0 Å². The maximum absolute atomic E-state index is 4.35. The van der Waals surface area contributed by atoms with E-state index in [-0.39, 0.29) is 24.8 Å². The molecule has 0 atom stereocenters. The molecule has 1 aromatic rings. The van der Waals surface area contributed by atoms with Crippen molar-refractivity contribution in [1.82, 2.24) is 10.3 Å². The Kier molecular flexibility index (Phi) is 9.15. The van der Waals surface area contributed by atoms with Gasteiger partial charge in [-0.15, -0.1) is 24.8 Å². The van der Waals surface area contributed by atoms with Crippen molar-refractivity contribution in [2.45, 2.75) is 25.7 Å². The lowest BCUT2D eigenvalue weighted by Gasteiger charge is -2.22. The minimum Gasteiger partial charge on any atom is -0.363 e. The molecule has 1 saturated heterocycles. The lowest BCUT2D eigenvalue weighted by Crippen LogP contribution is -2.27. The Labute approximate surface area is 129 Å². The second-order valence-electron chi connectivity index (χ2n) is 5.15. The SMILES string of the molecule is CN(C)c1cc(CCC2CCNCC2)ccn1.Cl.Cl. The second kappa shape index (κ2) is 9.40. The van der Waals surface area contributed by atoms with Crippen LogP contribution in [0.25, 0.3) is 0 Å². The molecule has 5 heteroatoms. The van der Waals surface area contributed by atoms with Gasteiger partial charge in [0.25, 0.3) is 0 Å². The molecule has 19 heavy (non-hydrogen) atoms. The summed E-state index contributed by atoms with van der Waals surface area (Å²) in [7, 11) is 4.08. The van der Waals surface area contributed by atoms with Gasteiger partial charge >= 0.3 is 0 Å². The summed E-state index contributed by atoms with van der Waals surface area (Å²) in [6.07, 6.45) is 7.11. The highest BCUT2D eigenvalue weighted by molar-refractivity contribution is 5.85. The van der Waals surface area contributed by atoms with Crippen molar-refractivity contribution in [2.75, 3.05) is 32.1 Å². The van der Waals surface area contributed by atoms with Crippen LogP contribution in [-0.4, -0.2) is 32.2 Å². The Balaban J connectivity index is 0.00000162. The molecule has 1 aliphatic rings. The summed E-state index contributed by atoms with van der Waals surface area (Å²) < 4.78 is 0. The summed E-state index contributed by atoms with van der Waals surface area (Å²) in [4.78, 5) is 6.41. The number of rotatable bonds is 4. The van der Waals surface area contributed by atoms with Crippen molar-refractivity contribution in [2.24, 2.45) is 5.92 Å². The molecule has 0 saturated carbocycles. The van der Waals surface area contributed by atoms with Gasteiger partial charge in [0.05, 0.1) is 0 Å². The summed E-state index contributed by atoms with van der Waals surface area (Å²) in [6.45, 7) is 2.40. The normalized spacial score (nSPS) is 15.3. The number of aromatic nitrogens is 1. The zero-order chi connectivity index (χ0) is 12.1. The van der Waals surface area contributed by atoms with Gasteiger partial charge in [-0.25, -0.2) is 4.98 Å². The highest BCUT2D eigenvalue weighted by Gasteiger charge is 2.12. The van der Waals surface area contributed by atoms with Crippen molar-refractivity contribution < 1.29 is 0 Å². The number of nitrogens with zero attached hydrogens (tertiary/aromatic N) is 2. The summed E-state index contributed by atoms with van der Waals surface area (Å²) in [5.41, 5.74) is 1.42. The van der Waals surface area contributed by atoms with Gasteiger partial charge in [-0.2, -0.15) is 0 Å². The van der Waals surface area contributed by atoms with E-state index in [1.54, 1.807) is 0 Å². The molecule has 0 unspecified atom stereocenters. The molecule has 0 spiro atoms. The van der Waals surface area contributed by atoms with Gasteiger partial charge in [-0.3, -0.25) is 0 Å². The van der Waals surface area contributed by atoms with Crippen LogP contribution in [0.1, 0.15) is 24.8 Å². The van der Waals surface area contributed by atoms with E-state index < -0.39 is 0 Å². The monoisotopic (exact) mass is 305 g/mol. The van der Waals surface area contributed by atoms with Gasteiger partial charge < -0.3 is 10.2 Å². The summed E-state index contributed by atoms with van der Waals surface area (Å²) >= 11 is 0. The molecular formula is C14H25Cl2N3. The summed E-state index contributed by atoms with van der Waals surface area (Å²) in [5.74, 6) is 1.97. The third kappa shape index (κ3) is 5.98. The van der Waals surface area contributed by atoms with E-state index in [4.69, 9.17) is 0 Å². The van der Waals surface area contributed by atoms with Crippen molar-refractivity contribution in [3.05, 3.63) is 23.9 Å². The first-order valence-corrected chi connectivity index (χ1v) is 6.58. The van der Waals surface area contributed by atoms with Crippen LogP contribution >= 0.6 is 24.8 Å². The third-order valence-electron chi connectivity index (χ3n) is 3.57. The molecule has 1 aliphatic heterocycles. The average Bonchev–Trinajstić information content (AvgIpc) is 2.38. The molecule has 1 aromatic heterocycles. The number of anilines is 1. The van der Waals surface area contributed by atoms with Crippen LogP contribution in [0.15, 0.2) is 18.3 Å². The molecule has 0 bridgehead atoms. The smallest absolute Gasteiger partial charge is 0.128 e. The lowest BCUT2D eigenvalue weighted by atomic mass is 9.91. The quantitative estimate of drug-likeness (QED) is 0.927. The van der Waals surface area contributed by atoms with E-state index >= 15 is 0 Å². The number of hydrogen-bond acceptors (Lipinski definition) is 3. The molecule has 3 nitrogen and oxygen atoms in total. The standard InChI is InChI=1S/C14H23N3.2ClH/c1-17(2)14-11-13(7-10-16-14)4-3-12-5-8-15-9-6-12;;/h7,10-12,15H,3-6,8-9H2,1-2H3;2*1H. The van der Waals surface area contributed by atoms with E-state index in [9.17, 15) is 0 Å². The van der Waals surface area contributed by atoms with E-state index in [1.807, 2.05) is 20.3 Å². The summed E-state index contributed by atoms with van der Waals surface area (Å²) in [6, 6.07) is 4.36. The van der Waals surface area contributed by atoms with E-state index in [0.717, 1.165) is 11.7 Å². The number of pyridine rings is 1. The first-order valence-electron chi connectivity index (χ1n) is 6.58. The Morgan fingerprint density at radius 2 is 1.95 bits per heavy atom. The van der Waals surface area contributed by atoms with Crippen molar-refractivity contribution in [3.8, 4) is 0 Å². The van der Waals surface area contributed by atoms with Crippen LogP contribution in [0, 0.1) is 5.92 Å². The third-order valence-corrected chi connectivity index (χ3v) is 3.57. The van der Waals surface area contributed by atoms with Gasteiger partial charge in [0.2, 0.25) is 0 Å². The van der Waals surface area contributed by atoms with Crippen LogP contribution in [0.4, 0.5) is 5.82 Å². The summed E-state index contributed by atoms with van der Waals surface area (Å²) in [5, 5.41) is 3.42. The minimum absolute atomic E-state index is 0. The number of aryl methyl sites for hydroxylation is 1. The Bertz CT molecular complexity index is 352. The first kappa shape index (κ1) is 18.5. The average molecular weight is 306 g/mol. The zero-order valence-corrected chi connectivity index (χ0v) is 13.4. The van der Waals surface area contributed by atoms with Crippen molar-refractivity contribution >= 4 is 30.6 Å². The molecule has 0 radical (unpaired) electrons. The Hall–Kier alpha value is -0.510. The van der Waals surface area contributed by atoms with Crippen LogP contribution in [0.2, 0.25) is 0 Å². The molecule has 1 N–H and O–H groups in total. The van der Waals surface area contributed by atoms with Crippen LogP contribution in [0.3, 0.4) is 0 Å². The highest BCUT2D eigenvalue weighted by Crippen LogP contribution is 2.19. The zero-order valence-electron chi connectivity index (χ0n) is 11.8. The van der Waals surface area contributed by atoms with Gasteiger partial charge in [0.1, 0.15) is 5.82 Å². The van der Waals surface area contributed by atoms with Gasteiger partial charge in [-0.1, -0.05) is 0 Å². The minimum atomic E-state index is 0. The second-order valence-corrected chi connectivity index (χ2v) is 5.15. The van der Waals surface area contributed by atoms with Crippen LogP contribution < -0.4 is 10.2 Å². The van der Waals surface area contributed by atoms with Gasteiger partial charge in [0.15, 0.2) is 0 Å². The fraction of sp³-hybridized carbons (Fsp3) is 0.643. The molecule has 0 aliphatic carbocycles. The topological polar surface area (TPSA) is 28.2 Å². The van der Waals surface area contributed by atoms with Crippen molar-refractivity contribution in [3.63, 3.8) is 0 Å². The highest BCUT2D eigenvalue weighted by atomic mass is 35.5. The van der Waals surface area contributed by atoms with Gasteiger partial charge in [0, 0.05) is 20.3 Å². The molecule has 2 rings (SSSR count). The van der Waals surface area contributed by atoms with Gasteiger partial charge in [-0.05, 0) is 62.4 Å².